The van der Waals surface area contributed by atoms with Crippen LogP contribution in [0, 0.1) is 16.7 Å². The van der Waals surface area contributed by atoms with Gasteiger partial charge in [-0.1, -0.05) is 29.3 Å². The molecule has 1 heterocycles. The number of aromatic nitrogens is 2. The molecule has 320 valence electrons. The van der Waals surface area contributed by atoms with Crippen LogP contribution in [0.1, 0.15) is 49.0 Å². The number of esters is 1. The van der Waals surface area contributed by atoms with Crippen molar-refractivity contribution in [3.63, 3.8) is 0 Å². The van der Waals surface area contributed by atoms with Crippen molar-refractivity contribution in [1.29, 1.82) is 5.26 Å². The predicted molar refractivity (Wildman–Crippen MR) is 179 cm³/mol. The van der Waals surface area contributed by atoms with Crippen molar-refractivity contribution in [2.45, 2.75) is 63.0 Å². The first kappa shape index (κ1) is 46.2. The molecule has 0 radical (unpaired) electrons. The lowest BCUT2D eigenvalue weighted by Gasteiger charge is -2.31. The molecule has 1 aliphatic rings. The van der Waals surface area contributed by atoms with Gasteiger partial charge >= 0.3 is 42.5 Å². The van der Waals surface area contributed by atoms with Crippen LogP contribution >= 0.6 is 23.2 Å². The van der Waals surface area contributed by atoms with E-state index >= 15 is 0 Å². The molecule has 1 N–H and O–H groups in total. The maximum absolute atomic E-state index is 14.8. The Kier molecular flexibility index (Phi) is 13.0. The topological polar surface area (TPSA) is 170 Å². The Bertz CT molecular complexity index is 2150. The number of ether oxygens (including phenoxy) is 4. The van der Waals surface area contributed by atoms with E-state index in [1.165, 1.54) is 19.9 Å². The van der Waals surface area contributed by atoms with E-state index in [9.17, 15) is 68.3 Å². The van der Waals surface area contributed by atoms with Crippen molar-refractivity contribution >= 4 is 47.2 Å². The lowest BCUT2D eigenvalue weighted by molar-refractivity contribution is -0.348. The van der Waals surface area contributed by atoms with Gasteiger partial charge in [-0.05, 0) is 56.5 Å². The third-order valence-electron chi connectivity index (χ3n) is 8.51. The van der Waals surface area contributed by atoms with Gasteiger partial charge < -0.3 is 24.1 Å². The van der Waals surface area contributed by atoms with Crippen molar-refractivity contribution in [3.05, 3.63) is 63.9 Å². The highest BCUT2D eigenvalue weighted by atomic mass is 35.5. The summed E-state index contributed by atoms with van der Waals surface area (Å²) >= 11 is 12.2. The van der Waals surface area contributed by atoms with Gasteiger partial charge in [0, 0.05) is 17.3 Å². The summed E-state index contributed by atoms with van der Waals surface area (Å²) in [6.45, 7) is 0.661. The fourth-order valence-electron chi connectivity index (χ4n) is 5.16. The summed E-state index contributed by atoms with van der Waals surface area (Å²) in [6.07, 6.45) is -19.0. The zero-order valence-corrected chi connectivity index (χ0v) is 31.3. The highest BCUT2D eigenvalue weighted by molar-refractivity contribution is 6.34. The first-order valence-corrected chi connectivity index (χ1v) is 17.0. The summed E-state index contributed by atoms with van der Waals surface area (Å²) in [4.78, 5) is 50.0. The molecule has 1 saturated carbocycles. The minimum absolute atomic E-state index is 0.00956. The van der Waals surface area contributed by atoms with Crippen LogP contribution in [-0.4, -0.2) is 88.0 Å². The first-order chi connectivity index (χ1) is 27.1. The molecule has 4 rings (SSSR count). The summed E-state index contributed by atoms with van der Waals surface area (Å²) < 4.78 is 154. The number of benzene rings is 2. The molecule has 0 bridgehead atoms. The van der Waals surface area contributed by atoms with Crippen LogP contribution in [0.5, 0.6) is 5.75 Å². The minimum Gasteiger partial charge on any atom is -0.481 e. The predicted octanol–water partition coefficient (Wildman–Crippen LogP) is 8.69. The summed E-state index contributed by atoms with van der Waals surface area (Å²) in [5, 5.41) is 21.2. The molecular weight excluding hydrogens is 869 g/mol. The monoisotopic (exact) mass is 894 g/mol. The van der Waals surface area contributed by atoms with E-state index in [1.54, 1.807) is 0 Å². The molecule has 3 aromatic rings. The van der Waals surface area contributed by atoms with Crippen LogP contribution in [0.15, 0.2) is 42.7 Å². The molecular formula is C34H26Cl2F10N4O9. The van der Waals surface area contributed by atoms with Gasteiger partial charge in [-0.2, -0.15) is 36.7 Å². The van der Waals surface area contributed by atoms with Crippen LogP contribution in [0.2, 0.25) is 10.0 Å². The number of carboxylic acid groups (broad SMARTS) is 1. The number of carbonyl (C=O) groups is 4. The molecule has 2 aromatic carbocycles. The fraction of sp³-hybridized carbons (Fsp3) is 0.412. The van der Waals surface area contributed by atoms with E-state index in [1.807, 2.05) is 6.07 Å². The van der Waals surface area contributed by atoms with Gasteiger partial charge in [-0.25, -0.2) is 13.9 Å². The highest BCUT2D eigenvalue weighted by Gasteiger charge is 2.73. The number of carboxylic acids is 1. The van der Waals surface area contributed by atoms with Gasteiger partial charge in [0.15, 0.2) is 12.5 Å². The summed E-state index contributed by atoms with van der Waals surface area (Å²) in [6, 6.07) is 4.77. The number of nitriles is 1. The molecule has 0 spiro atoms. The summed E-state index contributed by atoms with van der Waals surface area (Å²) in [7, 11) is 0. The van der Waals surface area contributed by atoms with Crippen molar-refractivity contribution in [3.8, 4) is 28.6 Å². The molecule has 13 nitrogen and oxygen atoms in total. The number of carbonyl (C=O) groups excluding carboxylic acids is 3. The van der Waals surface area contributed by atoms with E-state index in [4.69, 9.17) is 42.5 Å². The van der Waals surface area contributed by atoms with Gasteiger partial charge in [0.25, 0.3) is 5.91 Å². The summed E-state index contributed by atoms with van der Waals surface area (Å²) in [5.41, 5.74) is -13.0. The van der Waals surface area contributed by atoms with Gasteiger partial charge in [0.2, 0.25) is 0 Å². The number of halogens is 12. The maximum atomic E-state index is 14.8. The second kappa shape index (κ2) is 16.6. The molecule has 59 heavy (non-hydrogen) atoms. The Hall–Kier alpha value is -5.50. The van der Waals surface area contributed by atoms with E-state index in [0.29, 0.717) is 4.68 Å². The number of amides is 1. The molecule has 1 aliphatic carbocycles. The lowest BCUT2D eigenvalue weighted by Crippen LogP contribution is -2.50. The van der Waals surface area contributed by atoms with Crippen LogP contribution in [-0.2, 0) is 29.5 Å². The third-order valence-corrected chi connectivity index (χ3v) is 9.13. The number of nitrogens with zero attached hydrogens (tertiary/aromatic N) is 4. The van der Waals surface area contributed by atoms with Crippen molar-refractivity contribution in [2.24, 2.45) is 5.41 Å². The number of rotatable bonds is 14. The normalized spacial score (nSPS) is 14.2. The van der Waals surface area contributed by atoms with E-state index in [-0.39, 0.29) is 40.6 Å². The molecule has 1 aromatic heterocycles. The number of hydrogen-bond acceptors (Lipinski definition) is 10. The van der Waals surface area contributed by atoms with Crippen LogP contribution < -0.4 is 4.74 Å². The van der Waals surface area contributed by atoms with Gasteiger partial charge in [0.05, 0.1) is 39.7 Å². The summed E-state index contributed by atoms with van der Waals surface area (Å²) in [5.74, 6) is -4.95. The standard InChI is InChI=1S/C34H26Cl2F10N4O9/c1-29(2,27(53)54)12-24(51)56-7-8-57-28(55)58-16-49(30(15-47)5-6-30)26(52)20-9-17(3-4-21(20)35)18-13-48-50(14-18)25-22(36)10-19(11-23(25)59-34(44,45)46)31(37,32(38,39)40)33(41,42)43/h3-4,9-11,13-14H,5-8,12,16H2,1-2H3,(H,53,54). The molecule has 0 saturated heterocycles. The Morgan fingerprint density at radius 1 is 0.898 bits per heavy atom. The largest absolute Gasteiger partial charge is 0.573 e. The third kappa shape index (κ3) is 10.2. The number of aliphatic carboxylic acids is 1. The second-order valence-electron chi connectivity index (χ2n) is 13.2. The molecule has 0 atom stereocenters. The van der Waals surface area contributed by atoms with Crippen molar-refractivity contribution in [1.82, 2.24) is 14.7 Å². The van der Waals surface area contributed by atoms with Crippen LogP contribution in [0.4, 0.5) is 48.7 Å². The Labute approximate surface area is 334 Å². The fourth-order valence-corrected chi connectivity index (χ4v) is 5.65. The van der Waals surface area contributed by atoms with Crippen molar-refractivity contribution < 1.29 is 87.1 Å². The quantitative estimate of drug-likeness (QED) is 0.0711. The number of alkyl halides is 10. The highest BCUT2D eigenvalue weighted by Crippen LogP contribution is 2.55. The van der Waals surface area contributed by atoms with Gasteiger partial charge in [-0.15, -0.1) is 13.2 Å². The van der Waals surface area contributed by atoms with Crippen LogP contribution in [0.3, 0.4) is 0 Å². The SMILES string of the molecule is CC(C)(CC(=O)OCCOC(=O)OCN(C(=O)c1cc(-c2cnn(-c3c(Cl)cc(C(F)(C(F)(F)F)C(F)(F)F)cc3OC(F)(F)F)c2)ccc1Cl)C1(C#N)CC1)C(=O)O. The van der Waals surface area contributed by atoms with Crippen LogP contribution in [0.25, 0.3) is 16.8 Å². The minimum atomic E-state index is -6.71. The average Bonchev–Trinajstić information content (AvgIpc) is 3.75. The Morgan fingerprint density at radius 2 is 1.51 bits per heavy atom. The molecule has 25 heteroatoms. The Morgan fingerprint density at radius 3 is 2.05 bits per heavy atom. The van der Waals surface area contributed by atoms with Crippen molar-refractivity contribution in [2.75, 3.05) is 19.9 Å². The zero-order valence-electron chi connectivity index (χ0n) is 29.8. The van der Waals surface area contributed by atoms with Gasteiger partial charge in [0.1, 0.15) is 24.4 Å². The van der Waals surface area contributed by atoms with E-state index < -0.39 is 114 Å². The molecule has 1 amide bonds. The molecule has 1 fully saturated rings. The van der Waals surface area contributed by atoms with E-state index in [0.717, 1.165) is 29.4 Å². The smallest absolute Gasteiger partial charge is 0.481 e. The lowest BCUT2D eigenvalue weighted by atomic mass is 9.90. The zero-order chi connectivity index (χ0) is 44.5. The molecule has 0 aliphatic heterocycles. The second-order valence-corrected chi connectivity index (χ2v) is 14.0. The Balaban J connectivity index is 1.59. The van der Waals surface area contributed by atoms with E-state index in [2.05, 4.69) is 9.84 Å². The number of hydrogen-bond donors (Lipinski definition) is 1. The van der Waals surface area contributed by atoms with Gasteiger partial charge in [-0.3, -0.25) is 19.3 Å². The first-order valence-electron chi connectivity index (χ1n) is 16.3. The average molecular weight is 895 g/mol. The molecule has 0 unspecified atom stereocenters. The maximum Gasteiger partial charge on any atom is 0.573 e.